The Kier molecular flexibility index (Phi) is 7.06. The topological polar surface area (TPSA) is 173 Å². The normalized spacial score (nSPS) is 12.1. The molecule has 2 aromatic rings. The van der Waals surface area contributed by atoms with Crippen LogP contribution in [-0.4, -0.2) is 54.4 Å². The second-order valence-corrected chi connectivity index (χ2v) is 9.71. The van der Waals surface area contributed by atoms with Crippen molar-refractivity contribution >= 4 is 32.6 Å². The molecule has 0 fully saturated rings. The maximum atomic E-state index is 12.3. The maximum Gasteiger partial charge on any atom is 0.360 e. The van der Waals surface area contributed by atoms with Gasteiger partial charge in [-0.25, -0.2) is 9.97 Å². The van der Waals surface area contributed by atoms with Crippen LogP contribution in [0.15, 0.2) is 42.7 Å². The van der Waals surface area contributed by atoms with Gasteiger partial charge in [0.15, 0.2) is 5.78 Å². The molecule has 28 heavy (non-hydrogen) atoms. The van der Waals surface area contributed by atoms with Crippen molar-refractivity contribution in [2.75, 3.05) is 23.8 Å². The Labute approximate surface area is 160 Å². The fourth-order valence-corrected chi connectivity index (χ4v) is 4.42. The summed E-state index contributed by atoms with van der Waals surface area (Å²) in [6.45, 7) is 0.411. The molecule has 5 N–H and O–H groups in total. The van der Waals surface area contributed by atoms with Crippen LogP contribution in [0.3, 0.4) is 0 Å². The van der Waals surface area contributed by atoms with E-state index in [1.54, 1.807) is 19.3 Å². The molecule has 13 heteroatoms. The lowest BCUT2D eigenvalue weighted by atomic mass is 10.1. The largest absolute Gasteiger partial charge is 0.360 e. The van der Waals surface area contributed by atoms with E-state index in [2.05, 4.69) is 9.97 Å². The molecule has 0 atom stereocenters. The van der Waals surface area contributed by atoms with E-state index in [9.17, 15) is 13.9 Å². The molecule has 0 unspecified atom stereocenters. The summed E-state index contributed by atoms with van der Waals surface area (Å²) in [4.78, 5) is 58.5. The van der Waals surface area contributed by atoms with Crippen LogP contribution in [0.2, 0.25) is 0 Å². The molecular formula is C15H20N4O7P2. The maximum absolute atomic E-state index is 12.3. The van der Waals surface area contributed by atoms with Gasteiger partial charge >= 0.3 is 15.2 Å². The monoisotopic (exact) mass is 430 g/mol. The van der Waals surface area contributed by atoms with Crippen LogP contribution in [0.5, 0.6) is 0 Å². The van der Waals surface area contributed by atoms with Crippen molar-refractivity contribution in [3.05, 3.63) is 48.3 Å². The first-order chi connectivity index (χ1) is 13.0. The van der Waals surface area contributed by atoms with Crippen LogP contribution in [0.4, 0.5) is 11.6 Å². The van der Waals surface area contributed by atoms with E-state index in [1.165, 1.54) is 18.3 Å². The zero-order valence-corrected chi connectivity index (χ0v) is 16.6. The van der Waals surface area contributed by atoms with Gasteiger partial charge in [-0.3, -0.25) is 13.9 Å². The summed E-state index contributed by atoms with van der Waals surface area (Å²) in [5, 5.41) is 2.03. The number of rotatable bonds is 9. The van der Waals surface area contributed by atoms with E-state index in [1.807, 2.05) is 22.3 Å². The Morgan fingerprint density at radius 1 is 1.11 bits per heavy atom. The van der Waals surface area contributed by atoms with Crippen molar-refractivity contribution < 1.29 is 33.5 Å². The van der Waals surface area contributed by atoms with Gasteiger partial charge in [0, 0.05) is 38.0 Å². The second-order valence-electron chi connectivity index (χ2n) is 5.91. The quantitative estimate of drug-likeness (QED) is 0.286. The smallest absolute Gasteiger partial charge is 0.359 e. The van der Waals surface area contributed by atoms with Crippen molar-refractivity contribution in [3.8, 4) is 0 Å². The van der Waals surface area contributed by atoms with Crippen LogP contribution < -0.4 is 10.2 Å². The summed E-state index contributed by atoms with van der Waals surface area (Å²) < 4.78 is 22.5. The third-order valence-electron chi connectivity index (χ3n) is 3.71. The summed E-state index contributed by atoms with van der Waals surface area (Å²) in [7, 11) is -8.48. The van der Waals surface area contributed by atoms with Crippen molar-refractivity contribution in [2.24, 2.45) is 0 Å². The highest BCUT2D eigenvalue weighted by molar-refractivity contribution is 7.71. The summed E-state index contributed by atoms with van der Waals surface area (Å²) in [5.74, 6) is 0.316. The van der Waals surface area contributed by atoms with Crippen LogP contribution in [0, 0.1) is 0 Å². The van der Waals surface area contributed by atoms with E-state index < -0.39 is 20.7 Å². The molecular weight excluding hydrogens is 410 g/mol. The number of hydrogen-bond acceptors (Lipinski definition) is 7. The molecule has 0 saturated carbocycles. The van der Waals surface area contributed by atoms with Crippen molar-refractivity contribution in [3.63, 3.8) is 0 Å². The minimum absolute atomic E-state index is 0.176. The number of aromatic nitrogens is 2. The Hall–Kier alpha value is -2.13. The predicted molar refractivity (Wildman–Crippen MR) is 102 cm³/mol. The molecule has 2 aromatic heterocycles. The predicted octanol–water partition coefficient (Wildman–Crippen LogP) is 1.24. The molecule has 0 aliphatic heterocycles. The molecule has 2 heterocycles. The van der Waals surface area contributed by atoms with Crippen molar-refractivity contribution in [2.45, 2.75) is 11.9 Å². The third-order valence-corrected chi connectivity index (χ3v) is 7.05. The molecule has 0 aliphatic carbocycles. The van der Waals surface area contributed by atoms with Gasteiger partial charge in [0.25, 0.3) is 0 Å². The molecule has 11 nitrogen and oxygen atoms in total. The van der Waals surface area contributed by atoms with E-state index in [0.29, 0.717) is 12.4 Å². The molecule has 0 radical (unpaired) electrons. The number of nitrogens with zero attached hydrogens (tertiary/aromatic N) is 3. The molecule has 0 saturated heterocycles. The van der Waals surface area contributed by atoms with E-state index >= 15 is 0 Å². The standard InChI is InChI=1S/C15H20N4O7P2/c1-19(14-4-2-3-8-16-14)9-7-12(20)11-5-6-13(17-10-11)18-15(27(21,22)23)28(24,25)26/h2-6,8,10,15H,7,9H2,1H3,(H,17,18)(H2,21,22,23)(H2,24,25,26). The number of carbonyl (C=O) groups is 1. The summed E-state index contributed by atoms with van der Waals surface area (Å²) in [6.07, 6.45) is 2.99. The van der Waals surface area contributed by atoms with Crippen molar-refractivity contribution in [1.82, 2.24) is 9.97 Å². The highest BCUT2D eigenvalue weighted by Gasteiger charge is 2.43. The molecule has 152 valence electrons. The van der Waals surface area contributed by atoms with Gasteiger partial charge in [0.1, 0.15) is 11.6 Å². The summed E-state index contributed by atoms with van der Waals surface area (Å²) in [5.41, 5.74) is -2.16. The van der Waals surface area contributed by atoms with Crippen molar-refractivity contribution in [1.29, 1.82) is 0 Å². The van der Waals surface area contributed by atoms with Gasteiger partial charge in [-0.15, -0.1) is 0 Å². The minimum Gasteiger partial charge on any atom is -0.359 e. The van der Waals surface area contributed by atoms with Gasteiger partial charge in [-0.1, -0.05) is 6.07 Å². The Balaban J connectivity index is 2.00. The first-order valence-corrected chi connectivity index (χ1v) is 11.3. The number of hydrogen-bond donors (Lipinski definition) is 5. The number of carbonyl (C=O) groups excluding carboxylic acids is 1. The van der Waals surface area contributed by atoms with E-state index in [4.69, 9.17) is 19.6 Å². The minimum atomic E-state index is -5.14. The first-order valence-electron chi connectivity index (χ1n) is 7.97. The lowest BCUT2D eigenvalue weighted by Gasteiger charge is -2.21. The number of anilines is 2. The number of pyridine rings is 2. The fourth-order valence-electron chi connectivity index (χ4n) is 2.25. The Morgan fingerprint density at radius 3 is 2.29 bits per heavy atom. The average Bonchev–Trinajstić information content (AvgIpc) is 2.63. The highest BCUT2D eigenvalue weighted by atomic mass is 31.2. The van der Waals surface area contributed by atoms with Crippen LogP contribution in [0.1, 0.15) is 16.8 Å². The molecule has 2 rings (SSSR count). The Morgan fingerprint density at radius 2 is 1.79 bits per heavy atom. The number of ketones is 1. The van der Waals surface area contributed by atoms with Crippen LogP contribution >= 0.6 is 15.2 Å². The van der Waals surface area contributed by atoms with Gasteiger partial charge in [0.05, 0.1) is 0 Å². The summed E-state index contributed by atoms with van der Waals surface area (Å²) >= 11 is 0. The lowest BCUT2D eigenvalue weighted by molar-refractivity contribution is 0.0984. The second kappa shape index (κ2) is 8.91. The Bertz CT molecular complexity index is 876. The SMILES string of the molecule is CN(CCC(=O)c1ccc(NC(P(=O)(O)O)P(=O)(O)O)nc1)c1ccccn1. The average molecular weight is 430 g/mol. The highest BCUT2D eigenvalue weighted by Crippen LogP contribution is 2.59. The van der Waals surface area contributed by atoms with E-state index in [-0.39, 0.29) is 23.6 Å². The number of Topliss-reactive ketones (excluding diaryl/α,β-unsaturated/α-hetero) is 1. The fraction of sp³-hybridized carbons (Fsp3) is 0.267. The zero-order chi connectivity index (χ0) is 20.9. The first kappa shape index (κ1) is 22.2. The molecule has 0 spiro atoms. The molecule has 0 aromatic carbocycles. The third kappa shape index (κ3) is 6.20. The van der Waals surface area contributed by atoms with Gasteiger partial charge in [0.2, 0.25) is 5.52 Å². The molecule has 0 aliphatic rings. The number of nitrogens with one attached hydrogen (secondary N) is 1. The molecule has 0 bridgehead atoms. The molecule has 0 amide bonds. The van der Waals surface area contributed by atoms with E-state index in [0.717, 1.165) is 0 Å². The van der Waals surface area contributed by atoms with Gasteiger partial charge < -0.3 is 29.8 Å². The summed E-state index contributed by atoms with van der Waals surface area (Å²) in [6, 6.07) is 8.00. The van der Waals surface area contributed by atoms with Gasteiger partial charge in [-0.2, -0.15) is 0 Å². The van der Waals surface area contributed by atoms with Crippen LogP contribution in [0.25, 0.3) is 0 Å². The van der Waals surface area contributed by atoms with Crippen LogP contribution in [-0.2, 0) is 9.13 Å². The van der Waals surface area contributed by atoms with Gasteiger partial charge in [-0.05, 0) is 24.3 Å². The lowest BCUT2D eigenvalue weighted by Crippen LogP contribution is -2.22. The zero-order valence-electron chi connectivity index (χ0n) is 14.8.